The van der Waals surface area contributed by atoms with E-state index in [2.05, 4.69) is 15.7 Å². The second kappa shape index (κ2) is 6.31. The zero-order valence-electron chi connectivity index (χ0n) is 13.7. The van der Waals surface area contributed by atoms with Crippen LogP contribution in [0.2, 0.25) is 0 Å². The SMILES string of the molecule is COC(=O)CC1(NC(=O)[C@H]2CNC[C@@H]2c2cnn(C)c2)CCC1. The highest BCUT2D eigenvalue weighted by Crippen LogP contribution is 2.37. The zero-order chi connectivity index (χ0) is 16.4. The van der Waals surface area contributed by atoms with Gasteiger partial charge >= 0.3 is 5.97 Å². The fraction of sp³-hybridized carbons (Fsp3) is 0.688. The molecule has 2 N–H and O–H groups in total. The van der Waals surface area contributed by atoms with E-state index in [4.69, 9.17) is 4.74 Å². The Morgan fingerprint density at radius 3 is 2.83 bits per heavy atom. The van der Waals surface area contributed by atoms with Gasteiger partial charge in [-0.05, 0) is 24.8 Å². The van der Waals surface area contributed by atoms with Crippen LogP contribution in [0.5, 0.6) is 0 Å². The molecule has 1 aliphatic heterocycles. The summed E-state index contributed by atoms with van der Waals surface area (Å²) < 4.78 is 6.53. The van der Waals surface area contributed by atoms with Crippen LogP contribution in [0, 0.1) is 5.92 Å². The number of aromatic nitrogens is 2. The number of hydrogen-bond acceptors (Lipinski definition) is 5. The van der Waals surface area contributed by atoms with Gasteiger partial charge in [0.05, 0.1) is 31.2 Å². The first-order valence-corrected chi connectivity index (χ1v) is 8.11. The number of amides is 1. The molecule has 3 rings (SSSR count). The van der Waals surface area contributed by atoms with Gasteiger partial charge in [-0.2, -0.15) is 5.10 Å². The fourth-order valence-corrected chi connectivity index (χ4v) is 3.59. The van der Waals surface area contributed by atoms with E-state index in [1.54, 1.807) is 4.68 Å². The smallest absolute Gasteiger partial charge is 0.307 e. The molecule has 0 unspecified atom stereocenters. The van der Waals surface area contributed by atoms with E-state index in [9.17, 15) is 9.59 Å². The standard InChI is InChI=1S/C16H24N4O3/c1-20-10-11(7-18-20)12-8-17-9-13(12)15(22)19-16(4-3-5-16)6-14(21)23-2/h7,10,12-13,17H,3-6,8-9H2,1-2H3,(H,19,22)/t12-,13+/m1/s1. The average molecular weight is 320 g/mol. The molecule has 0 bridgehead atoms. The average Bonchev–Trinajstić information content (AvgIpc) is 3.12. The number of esters is 1. The van der Waals surface area contributed by atoms with Gasteiger partial charge in [0.1, 0.15) is 0 Å². The first-order chi connectivity index (χ1) is 11.0. The fourth-order valence-electron chi connectivity index (χ4n) is 3.59. The van der Waals surface area contributed by atoms with E-state index in [-0.39, 0.29) is 30.1 Å². The summed E-state index contributed by atoms with van der Waals surface area (Å²) in [5, 5.41) is 10.6. The minimum atomic E-state index is -0.410. The second-order valence-electron chi connectivity index (χ2n) is 6.69. The molecular formula is C16H24N4O3. The number of aryl methyl sites for hydroxylation is 1. The number of carbonyl (C=O) groups excluding carboxylic acids is 2. The Bertz CT molecular complexity index is 594. The lowest BCUT2D eigenvalue weighted by molar-refractivity contribution is -0.144. The molecule has 0 spiro atoms. The summed E-state index contributed by atoms with van der Waals surface area (Å²) in [6.07, 6.45) is 6.76. The molecule has 23 heavy (non-hydrogen) atoms. The van der Waals surface area contributed by atoms with Crippen molar-refractivity contribution in [2.45, 2.75) is 37.1 Å². The minimum absolute atomic E-state index is 0.0208. The molecule has 126 valence electrons. The van der Waals surface area contributed by atoms with E-state index in [1.165, 1.54) is 7.11 Å². The maximum Gasteiger partial charge on any atom is 0.307 e. The monoisotopic (exact) mass is 320 g/mol. The van der Waals surface area contributed by atoms with Crippen LogP contribution in [-0.4, -0.2) is 47.4 Å². The van der Waals surface area contributed by atoms with Gasteiger partial charge in [-0.1, -0.05) is 0 Å². The number of methoxy groups -OCH3 is 1. The molecule has 1 aliphatic carbocycles. The van der Waals surface area contributed by atoms with Crippen molar-refractivity contribution in [2.24, 2.45) is 13.0 Å². The van der Waals surface area contributed by atoms with Crippen molar-refractivity contribution < 1.29 is 14.3 Å². The summed E-state index contributed by atoms with van der Waals surface area (Å²) >= 11 is 0. The normalized spacial score (nSPS) is 25.7. The number of ether oxygens (including phenoxy) is 1. The van der Waals surface area contributed by atoms with Crippen LogP contribution in [0.25, 0.3) is 0 Å². The molecule has 1 saturated carbocycles. The van der Waals surface area contributed by atoms with Gasteiger partial charge in [-0.25, -0.2) is 0 Å². The highest BCUT2D eigenvalue weighted by atomic mass is 16.5. The highest BCUT2D eigenvalue weighted by molar-refractivity contribution is 5.82. The number of carbonyl (C=O) groups is 2. The molecule has 1 aromatic rings. The van der Waals surface area contributed by atoms with E-state index >= 15 is 0 Å². The summed E-state index contributed by atoms with van der Waals surface area (Å²) in [6.45, 7) is 1.42. The van der Waals surface area contributed by atoms with Crippen LogP contribution in [0.15, 0.2) is 12.4 Å². The minimum Gasteiger partial charge on any atom is -0.469 e. The van der Waals surface area contributed by atoms with Gasteiger partial charge in [0, 0.05) is 32.3 Å². The maximum absolute atomic E-state index is 12.8. The number of hydrogen-bond donors (Lipinski definition) is 2. The summed E-state index contributed by atoms with van der Waals surface area (Å²) in [6, 6.07) is 0. The van der Waals surface area contributed by atoms with Crippen LogP contribution >= 0.6 is 0 Å². The molecule has 0 radical (unpaired) electrons. The largest absolute Gasteiger partial charge is 0.469 e. The van der Waals surface area contributed by atoms with E-state index < -0.39 is 5.54 Å². The van der Waals surface area contributed by atoms with E-state index in [0.29, 0.717) is 6.54 Å². The summed E-state index contributed by atoms with van der Waals surface area (Å²) in [5.74, 6) is -0.251. The quantitative estimate of drug-likeness (QED) is 0.764. The summed E-state index contributed by atoms with van der Waals surface area (Å²) in [4.78, 5) is 24.4. The maximum atomic E-state index is 12.8. The predicted octanol–water partition coefficient (Wildman–Crippen LogP) is 0.325. The zero-order valence-corrected chi connectivity index (χ0v) is 13.7. The molecule has 7 nitrogen and oxygen atoms in total. The number of nitrogens with zero attached hydrogens (tertiary/aromatic N) is 2. The molecule has 0 aromatic carbocycles. The molecule has 2 atom stereocenters. The first kappa shape index (κ1) is 16.0. The van der Waals surface area contributed by atoms with Crippen LogP contribution in [0.3, 0.4) is 0 Å². The lowest BCUT2D eigenvalue weighted by Crippen LogP contribution is -2.56. The Hall–Kier alpha value is -1.89. The summed E-state index contributed by atoms with van der Waals surface area (Å²) in [7, 11) is 3.26. The molecular weight excluding hydrogens is 296 g/mol. The molecule has 1 aromatic heterocycles. The molecule has 2 fully saturated rings. The van der Waals surface area contributed by atoms with E-state index in [0.717, 1.165) is 31.4 Å². The Kier molecular flexibility index (Phi) is 4.39. The topological polar surface area (TPSA) is 85.2 Å². The molecule has 7 heteroatoms. The lowest BCUT2D eigenvalue weighted by atomic mass is 9.73. The predicted molar refractivity (Wildman–Crippen MR) is 83.7 cm³/mol. The van der Waals surface area contributed by atoms with Crippen molar-refractivity contribution in [3.63, 3.8) is 0 Å². The van der Waals surface area contributed by atoms with Gasteiger partial charge in [-0.15, -0.1) is 0 Å². The molecule has 2 aliphatic rings. The number of nitrogens with one attached hydrogen (secondary N) is 2. The van der Waals surface area contributed by atoms with E-state index in [1.807, 2.05) is 19.4 Å². The van der Waals surface area contributed by atoms with Gasteiger partial charge in [-0.3, -0.25) is 14.3 Å². The third-order valence-corrected chi connectivity index (χ3v) is 5.11. The molecule has 1 amide bonds. The first-order valence-electron chi connectivity index (χ1n) is 8.11. The van der Waals surface area contributed by atoms with Gasteiger partial charge in [0.2, 0.25) is 5.91 Å². The van der Waals surface area contributed by atoms with Gasteiger partial charge in [0.25, 0.3) is 0 Å². The Morgan fingerprint density at radius 2 is 2.26 bits per heavy atom. The third-order valence-electron chi connectivity index (χ3n) is 5.11. The van der Waals surface area contributed by atoms with Crippen molar-refractivity contribution in [1.82, 2.24) is 20.4 Å². The highest BCUT2D eigenvalue weighted by Gasteiger charge is 2.44. The second-order valence-corrected chi connectivity index (χ2v) is 6.69. The van der Waals surface area contributed by atoms with Gasteiger partial charge in [0.15, 0.2) is 0 Å². The van der Waals surface area contributed by atoms with Crippen molar-refractivity contribution >= 4 is 11.9 Å². The van der Waals surface area contributed by atoms with Crippen LogP contribution in [0.4, 0.5) is 0 Å². The molecule has 1 saturated heterocycles. The van der Waals surface area contributed by atoms with Crippen molar-refractivity contribution in [2.75, 3.05) is 20.2 Å². The van der Waals surface area contributed by atoms with Crippen molar-refractivity contribution in [1.29, 1.82) is 0 Å². The van der Waals surface area contributed by atoms with Gasteiger partial charge < -0.3 is 15.4 Å². The van der Waals surface area contributed by atoms with Crippen molar-refractivity contribution in [3.05, 3.63) is 18.0 Å². The van der Waals surface area contributed by atoms with Crippen LogP contribution in [0.1, 0.15) is 37.2 Å². The Labute approximate surface area is 135 Å². The molecule has 2 heterocycles. The Balaban J connectivity index is 1.68. The summed E-state index contributed by atoms with van der Waals surface area (Å²) in [5.41, 5.74) is 0.667. The Morgan fingerprint density at radius 1 is 1.48 bits per heavy atom. The lowest BCUT2D eigenvalue weighted by Gasteiger charge is -2.42. The van der Waals surface area contributed by atoms with Crippen LogP contribution < -0.4 is 10.6 Å². The third kappa shape index (κ3) is 3.24. The number of rotatable bonds is 5. The van der Waals surface area contributed by atoms with Crippen LogP contribution in [-0.2, 0) is 21.4 Å². The van der Waals surface area contributed by atoms with Crippen molar-refractivity contribution in [3.8, 4) is 0 Å².